The van der Waals surface area contributed by atoms with Crippen molar-refractivity contribution in [1.29, 1.82) is 0 Å². The molecule has 182 valence electrons. The van der Waals surface area contributed by atoms with Gasteiger partial charge in [0.2, 0.25) is 0 Å². The molecule has 1 aliphatic heterocycles. The van der Waals surface area contributed by atoms with Crippen LogP contribution in [-0.2, 0) is 22.4 Å². The van der Waals surface area contributed by atoms with Crippen LogP contribution in [0.2, 0.25) is 0 Å². The van der Waals surface area contributed by atoms with Gasteiger partial charge in [-0.15, -0.1) is 0 Å². The van der Waals surface area contributed by atoms with Gasteiger partial charge in [-0.05, 0) is 48.8 Å². The molecule has 6 heteroatoms. The maximum Gasteiger partial charge on any atom is 0.407 e. The number of para-hydroxylation sites is 1. The largest absolute Gasteiger partial charge is 0.483 e. The predicted octanol–water partition coefficient (Wildman–Crippen LogP) is 4.52. The molecule has 1 saturated heterocycles. The van der Waals surface area contributed by atoms with Gasteiger partial charge in [0.05, 0.1) is 10.2 Å². The van der Waals surface area contributed by atoms with E-state index >= 15 is 0 Å². The summed E-state index contributed by atoms with van der Waals surface area (Å²) in [6, 6.07) is 15.1. The molecule has 3 atom stereocenters. The highest BCUT2D eigenvalue weighted by Gasteiger charge is 2.34. The summed E-state index contributed by atoms with van der Waals surface area (Å²) in [7, 11) is 0. The Bertz CT molecular complexity index is 1440. The monoisotopic (exact) mass is 481 g/mol. The normalized spacial score (nSPS) is 22.6. The highest BCUT2D eigenvalue weighted by atomic mass is 16.6. The smallest absolute Gasteiger partial charge is 0.407 e. The maximum atomic E-state index is 13.3. The first-order valence-corrected chi connectivity index (χ1v) is 11.3. The Balaban J connectivity index is 1.59. The second-order valence-electron chi connectivity index (χ2n) is 8.32. The lowest BCUT2D eigenvalue weighted by molar-refractivity contribution is -0.125. The van der Waals surface area contributed by atoms with E-state index in [-0.39, 0.29) is 12.5 Å². The van der Waals surface area contributed by atoms with Crippen LogP contribution in [-0.4, -0.2) is 36.8 Å². The number of amides is 2. The van der Waals surface area contributed by atoms with E-state index in [1.165, 1.54) is 0 Å². The molecule has 35 heavy (non-hydrogen) atoms. The van der Waals surface area contributed by atoms with E-state index < -0.39 is 79.5 Å². The lowest BCUT2D eigenvalue weighted by Crippen LogP contribution is -2.55. The van der Waals surface area contributed by atoms with Gasteiger partial charge >= 0.3 is 6.09 Å². The second kappa shape index (κ2) is 11.6. The molecule has 1 aliphatic rings. The van der Waals surface area contributed by atoms with Crippen LogP contribution in [0.3, 0.4) is 0 Å². The number of hydrogen-bond acceptors (Lipinski definition) is 4. The molecule has 4 rings (SSSR count). The molecular formula is C29H32N2O4. The van der Waals surface area contributed by atoms with Crippen LogP contribution < -0.4 is 15.4 Å². The molecule has 0 radical (unpaired) electrons. The van der Waals surface area contributed by atoms with Crippen molar-refractivity contribution < 1.29 is 31.4 Å². The number of alkyl carbamates (subject to hydrolysis) is 1. The van der Waals surface area contributed by atoms with Gasteiger partial charge in [-0.3, -0.25) is 4.79 Å². The molecule has 1 fully saturated rings. The van der Waals surface area contributed by atoms with Crippen molar-refractivity contribution in [2.75, 3.05) is 6.61 Å². The van der Waals surface area contributed by atoms with Crippen molar-refractivity contribution in [3.05, 3.63) is 101 Å². The van der Waals surface area contributed by atoms with Crippen LogP contribution in [0.25, 0.3) is 0 Å². The third kappa shape index (κ3) is 6.85. The molecule has 0 bridgehead atoms. The summed E-state index contributed by atoms with van der Waals surface area (Å²) in [5.74, 6) is -1.59. The molecule has 0 spiro atoms. The SMILES string of the molecule is [2H]c1c([2H])c(C([2H])([2H])[2H])c(OCC(=O)N[C@@H](Cc2ccccc2)[C@@H]2C[C@H](Cc3ccccc3)NC(=O)O2)c(C([2H])([2H])[2H])c1[2H]. The summed E-state index contributed by atoms with van der Waals surface area (Å²) in [6.07, 6.45) is -0.225. The van der Waals surface area contributed by atoms with Crippen molar-refractivity contribution in [1.82, 2.24) is 10.6 Å². The number of rotatable bonds is 9. The van der Waals surface area contributed by atoms with Crippen LogP contribution in [0.4, 0.5) is 4.79 Å². The van der Waals surface area contributed by atoms with Gasteiger partial charge in [0.25, 0.3) is 5.91 Å². The molecule has 1 heterocycles. The lowest BCUT2D eigenvalue weighted by atomic mass is 9.92. The Morgan fingerprint density at radius 1 is 1.11 bits per heavy atom. The summed E-state index contributed by atoms with van der Waals surface area (Å²) in [5.41, 5.74) is 0.112. The van der Waals surface area contributed by atoms with Crippen LogP contribution >= 0.6 is 0 Å². The van der Waals surface area contributed by atoms with E-state index in [1.54, 1.807) is 0 Å². The van der Waals surface area contributed by atoms with Crippen molar-refractivity contribution in [2.45, 2.75) is 51.2 Å². The summed E-state index contributed by atoms with van der Waals surface area (Å²) in [4.78, 5) is 25.8. The molecule has 2 amide bonds. The number of hydrogen-bond donors (Lipinski definition) is 2. The molecular weight excluding hydrogens is 440 g/mol. The number of nitrogens with one attached hydrogen (secondary N) is 2. The first-order valence-electron chi connectivity index (χ1n) is 15.8. The number of benzene rings is 3. The Morgan fingerprint density at radius 2 is 1.77 bits per heavy atom. The molecule has 0 unspecified atom stereocenters. The Hall–Kier alpha value is -3.80. The Labute approximate surface area is 219 Å². The van der Waals surface area contributed by atoms with E-state index in [0.29, 0.717) is 12.8 Å². The van der Waals surface area contributed by atoms with Gasteiger partial charge in [-0.2, -0.15) is 0 Å². The zero-order chi connectivity index (χ0) is 32.2. The fourth-order valence-electron chi connectivity index (χ4n) is 4.07. The van der Waals surface area contributed by atoms with Crippen molar-refractivity contribution in [3.63, 3.8) is 0 Å². The average Bonchev–Trinajstić information content (AvgIpc) is 2.94. The van der Waals surface area contributed by atoms with E-state index in [0.717, 1.165) is 11.1 Å². The van der Waals surface area contributed by atoms with Gasteiger partial charge in [-0.1, -0.05) is 78.8 Å². The van der Waals surface area contributed by atoms with Gasteiger partial charge in [-0.25, -0.2) is 4.79 Å². The molecule has 2 N–H and O–H groups in total. The molecule has 3 aromatic rings. The number of ether oxygens (including phenoxy) is 2. The third-order valence-electron chi connectivity index (χ3n) is 5.69. The van der Waals surface area contributed by atoms with Crippen LogP contribution in [0.1, 0.15) is 41.0 Å². The maximum absolute atomic E-state index is 13.3. The standard InChI is InChI=1S/C29H32N2O4/c1-20-10-9-11-21(2)28(20)34-19-27(32)31-25(17-23-14-7-4-8-15-23)26-18-24(30-29(33)35-26)16-22-12-5-3-6-13-22/h3-15,24-26H,16-19H2,1-2H3,(H,30,33)(H,31,32)/t24-,25-,26-/m0/s1/i1D3,2D3,9D,10D,11D. The summed E-state index contributed by atoms with van der Waals surface area (Å²) >= 11 is 0. The fraction of sp³-hybridized carbons (Fsp3) is 0.310. The van der Waals surface area contributed by atoms with Gasteiger partial charge in [0.1, 0.15) is 11.9 Å². The van der Waals surface area contributed by atoms with Gasteiger partial charge in [0.15, 0.2) is 6.61 Å². The third-order valence-corrected chi connectivity index (χ3v) is 5.69. The predicted molar refractivity (Wildman–Crippen MR) is 135 cm³/mol. The fourth-order valence-corrected chi connectivity index (χ4v) is 4.07. The molecule has 6 nitrogen and oxygen atoms in total. The minimum atomic E-state index is -3.07. The lowest BCUT2D eigenvalue weighted by Gasteiger charge is -2.35. The number of carbonyl (C=O) groups is 2. The first kappa shape index (κ1) is 15.2. The van der Waals surface area contributed by atoms with E-state index in [2.05, 4.69) is 10.6 Å². The summed E-state index contributed by atoms with van der Waals surface area (Å²) < 4.78 is 82.4. The zero-order valence-corrected chi connectivity index (χ0v) is 19.0. The second-order valence-corrected chi connectivity index (χ2v) is 8.32. The quantitative estimate of drug-likeness (QED) is 0.471. The van der Waals surface area contributed by atoms with Gasteiger partial charge in [0, 0.05) is 20.7 Å². The molecule has 3 aromatic carbocycles. The average molecular weight is 482 g/mol. The molecule has 0 aromatic heterocycles. The van der Waals surface area contributed by atoms with Crippen LogP contribution in [0, 0.1) is 13.7 Å². The summed E-state index contributed by atoms with van der Waals surface area (Å²) in [5, 5.41) is 5.60. The molecule has 0 saturated carbocycles. The highest BCUT2D eigenvalue weighted by molar-refractivity contribution is 5.78. The Kier molecular flexibility index (Phi) is 5.04. The number of cyclic esters (lactones) is 1. The van der Waals surface area contributed by atoms with Crippen molar-refractivity contribution >= 4 is 12.0 Å². The Morgan fingerprint density at radius 3 is 2.43 bits per heavy atom. The van der Waals surface area contributed by atoms with Crippen molar-refractivity contribution in [3.8, 4) is 5.75 Å². The zero-order valence-electron chi connectivity index (χ0n) is 28.0. The minimum Gasteiger partial charge on any atom is -0.483 e. The van der Waals surface area contributed by atoms with E-state index in [4.69, 9.17) is 21.8 Å². The van der Waals surface area contributed by atoms with Crippen LogP contribution in [0.15, 0.2) is 78.8 Å². The topological polar surface area (TPSA) is 76.7 Å². The van der Waals surface area contributed by atoms with Crippen LogP contribution in [0.5, 0.6) is 5.75 Å². The summed E-state index contributed by atoms with van der Waals surface area (Å²) in [6.45, 7) is -7.00. The molecule has 0 aliphatic carbocycles. The minimum absolute atomic E-state index is 0.269. The van der Waals surface area contributed by atoms with Gasteiger partial charge < -0.3 is 20.1 Å². The number of carbonyl (C=O) groups excluding carboxylic acids is 2. The van der Waals surface area contributed by atoms with E-state index in [9.17, 15) is 9.59 Å². The van der Waals surface area contributed by atoms with Crippen molar-refractivity contribution in [2.24, 2.45) is 0 Å². The first-order chi connectivity index (χ1) is 20.6. The highest BCUT2D eigenvalue weighted by Crippen LogP contribution is 2.23. The van der Waals surface area contributed by atoms with E-state index in [1.807, 2.05) is 60.7 Å².